The number of hydrogen-bond acceptors (Lipinski definition) is 3. The normalized spacial score (nSPS) is 14.7. The number of carbonyl (C=O) groups is 1. The molecule has 7 heteroatoms. The summed E-state index contributed by atoms with van der Waals surface area (Å²) < 4.78 is 0. The molecule has 0 unspecified atom stereocenters. The van der Waals surface area contributed by atoms with Crippen molar-refractivity contribution in [1.82, 2.24) is 20.4 Å². The first-order valence-electron chi connectivity index (χ1n) is 10.6. The van der Waals surface area contributed by atoms with Crippen LogP contribution >= 0.6 is 24.0 Å². The summed E-state index contributed by atoms with van der Waals surface area (Å²) in [5, 5.41) is 6.15. The second kappa shape index (κ2) is 12.7. The number of hydrogen-bond donors (Lipinski definition) is 2. The Hall–Kier alpha value is -2.13. The predicted molar refractivity (Wildman–Crippen MR) is 138 cm³/mol. The molecule has 2 N–H and O–H groups in total. The van der Waals surface area contributed by atoms with Gasteiger partial charge < -0.3 is 15.5 Å². The molecule has 1 amide bonds. The van der Waals surface area contributed by atoms with Crippen molar-refractivity contribution in [3.05, 3.63) is 70.8 Å². The van der Waals surface area contributed by atoms with Gasteiger partial charge in [0.05, 0.1) is 0 Å². The van der Waals surface area contributed by atoms with Crippen molar-refractivity contribution in [2.75, 3.05) is 46.8 Å². The van der Waals surface area contributed by atoms with Crippen LogP contribution in [0.4, 0.5) is 0 Å². The molecule has 6 nitrogen and oxygen atoms in total. The van der Waals surface area contributed by atoms with E-state index >= 15 is 0 Å². The molecule has 31 heavy (non-hydrogen) atoms. The zero-order chi connectivity index (χ0) is 21.3. The van der Waals surface area contributed by atoms with Gasteiger partial charge in [-0.15, -0.1) is 24.0 Å². The molecule has 1 heterocycles. The Morgan fingerprint density at radius 2 is 1.74 bits per heavy atom. The topological polar surface area (TPSA) is 60.0 Å². The SMILES string of the molecule is CN=C(NCCc1cccc(C(=O)NC)c1)N1CCN(Cc2cccc(C)c2)CC1.I. The number of benzene rings is 2. The smallest absolute Gasteiger partial charge is 0.251 e. The van der Waals surface area contributed by atoms with E-state index in [4.69, 9.17) is 0 Å². The van der Waals surface area contributed by atoms with E-state index in [0.29, 0.717) is 5.56 Å². The minimum atomic E-state index is -0.0517. The van der Waals surface area contributed by atoms with Crippen LogP contribution in [0, 0.1) is 6.92 Å². The second-order valence-corrected chi connectivity index (χ2v) is 7.76. The van der Waals surface area contributed by atoms with Gasteiger partial charge in [0.15, 0.2) is 5.96 Å². The van der Waals surface area contributed by atoms with E-state index in [0.717, 1.165) is 57.2 Å². The molecule has 168 valence electrons. The Labute approximate surface area is 203 Å². The van der Waals surface area contributed by atoms with Gasteiger partial charge in [0.25, 0.3) is 5.91 Å². The molecule has 0 radical (unpaired) electrons. The van der Waals surface area contributed by atoms with Crippen LogP contribution < -0.4 is 10.6 Å². The van der Waals surface area contributed by atoms with Gasteiger partial charge in [-0.05, 0) is 36.6 Å². The number of nitrogens with zero attached hydrogens (tertiary/aromatic N) is 3. The molecule has 0 atom stereocenters. The number of nitrogens with one attached hydrogen (secondary N) is 2. The molecule has 1 aliphatic rings. The van der Waals surface area contributed by atoms with Crippen LogP contribution in [0.1, 0.15) is 27.0 Å². The van der Waals surface area contributed by atoms with Crippen molar-refractivity contribution in [2.24, 2.45) is 4.99 Å². The molecule has 1 fully saturated rings. The molecule has 0 saturated carbocycles. The monoisotopic (exact) mass is 535 g/mol. The van der Waals surface area contributed by atoms with Crippen LogP contribution in [-0.4, -0.2) is 68.5 Å². The molecule has 2 aromatic carbocycles. The lowest BCUT2D eigenvalue weighted by Gasteiger charge is -2.36. The molecular formula is C24H34IN5O. The summed E-state index contributed by atoms with van der Waals surface area (Å²) in [5.74, 6) is 0.900. The minimum absolute atomic E-state index is 0. The lowest BCUT2D eigenvalue weighted by molar-refractivity contribution is 0.0963. The summed E-state index contributed by atoms with van der Waals surface area (Å²) in [4.78, 5) is 21.1. The fourth-order valence-corrected chi connectivity index (χ4v) is 3.85. The van der Waals surface area contributed by atoms with Crippen molar-refractivity contribution in [3.8, 4) is 0 Å². The van der Waals surface area contributed by atoms with E-state index in [2.05, 4.69) is 62.7 Å². The van der Waals surface area contributed by atoms with Gasteiger partial charge in [-0.1, -0.05) is 42.0 Å². The third-order valence-corrected chi connectivity index (χ3v) is 5.49. The maximum Gasteiger partial charge on any atom is 0.251 e. The zero-order valence-corrected chi connectivity index (χ0v) is 21.1. The molecule has 0 aromatic heterocycles. The van der Waals surface area contributed by atoms with Gasteiger partial charge in [0.2, 0.25) is 0 Å². The maximum atomic E-state index is 11.8. The Morgan fingerprint density at radius 1 is 1.03 bits per heavy atom. The van der Waals surface area contributed by atoms with E-state index in [9.17, 15) is 4.79 Å². The van der Waals surface area contributed by atoms with E-state index in [1.807, 2.05) is 25.2 Å². The second-order valence-electron chi connectivity index (χ2n) is 7.76. The lowest BCUT2D eigenvalue weighted by atomic mass is 10.1. The first-order valence-corrected chi connectivity index (χ1v) is 10.6. The summed E-state index contributed by atoms with van der Waals surface area (Å²) in [6.45, 7) is 7.93. The molecule has 0 bridgehead atoms. The van der Waals surface area contributed by atoms with Crippen molar-refractivity contribution in [1.29, 1.82) is 0 Å². The summed E-state index contributed by atoms with van der Waals surface area (Å²) in [6.07, 6.45) is 0.844. The van der Waals surface area contributed by atoms with Gasteiger partial charge >= 0.3 is 0 Å². The van der Waals surface area contributed by atoms with Crippen molar-refractivity contribution in [2.45, 2.75) is 19.9 Å². The van der Waals surface area contributed by atoms with E-state index in [1.165, 1.54) is 11.1 Å². The fourth-order valence-electron chi connectivity index (χ4n) is 3.85. The highest BCUT2D eigenvalue weighted by molar-refractivity contribution is 14.0. The molecule has 3 rings (SSSR count). The number of rotatable bonds is 6. The number of piperazine rings is 1. The zero-order valence-electron chi connectivity index (χ0n) is 18.7. The predicted octanol–water partition coefficient (Wildman–Crippen LogP) is 2.91. The molecule has 2 aromatic rings. The summed E-state index contributed by atoms with van der Waals surface area (Å²) in [7, 11) is 3.49. The Bertz CT molecular complexity index is 878. The van der Waals surface area contributed by atoms with Gasteiger partial charge in [-0.2, -0.15) is 0 Å². The van der Waals surface area contributed by atoms with Gasteiger partial charge in [-0.25, -0.2) is 0 Å². The summed E-state index contributed by atoms with van der Waals surface area (Å²) >= 11 is 0. The first-order chi connectivity index (χ1) is 14.6. The molecular weight excluding hydrogens is 501 g/mol. The largest absolute Gasteiger partial charge is 0.356 e. The summed E-state index contributed by atoms with van der Waals surface area (Å²) in [5.41, 5.74) is 4.53. The Morgan fingerprint density at radius 3 is 2.42 bits per heavy atom. The van der Waals surface area contributed by atoms with Crippen molar-refractivity contribution in [3.63, 3.8) is 0 Å². The van der Waals surface area contributed by atoms with E-state index in [1.54, 1.807) is 7.05 Å². The highest BCUT2D eigenvalue weighted by atomic mass is 127. The number of halogens is 1. The third-order valence-electron chi connectivity index (χ3n) is 5.49. The number of aliphatic imine (C=N–C) groups is 1. The highest BCUT2D eigenvalue weighted by Gasteiger charge is 2.19. The third kappa shape index (κ3) is 7.50. The summed E-state index contributed by atoms with van der Waals surface area (Å²) in [6, 6.07) is 16.5. The van der Waals surface area contributed by atoms with E-state index < -0.39 is 0 Å². The van der Waals surface area contributed by atoms with Crippen LogP contribution in [0.5, 0.6) is 0 Å². The van der Waals surface area contributed by atoms with E-state index in [-0.39, 0.29) is 29.9 Å². The highest BCUT2D eigenvalue weighted by Crippen LogP contribution is 2.11. The van der Waals surface area contributed by atoms with Gasteiger partial charge in [0.1, 0.15) is 0 Å². The fraction of sp³-hybridized carbons (Fsp3) is 0.417. The lowest BCUT2D eigenvalue weighted by Crippen LogP contribution is -2.52. The number of aryl methyl sites for hydroxylation is 1. The quantitative estimate of drug-likeness (QED) is 0.340. The molecule has 0 spiro atoms. The van der Waals surface area contributed by atoms with Crippen LogP contribution in [-0.2, 0) is 13.0 Å². The minimum Gasteiger partial charge on any atom is -0.356 e. The molecule has 1 aliphatic heterocycles. The Kier molecular flexibility index (Phi) is 10.3. The van der Waals surface area contributed by atoms with Crippen LogP contribution in [0.2, 0.25) is 0 Å². The Balaban J connectivity index is 0.00000341. The van der Waals surface area contributed by atoms with Crippen LogP contribution in [0.15, 0.2) is 53.5 Å². The van der Waals surface area contributed by atoms with Gasteiger partial charge in [-0.3, -0.25) is 14.7 Å². The van der Waals surface area contributed by atoms with Gasteiger partial charge in [0, 0.05) is 58.9 Å². The number of carbonyl (C=O) groups excluding carboxylic acids is 1. The number of guanidine groups is 1. The molecule has 0 aliphatic carbocycles. The molecule has 1 saturated heterocycles. The van der Waals surface area contributed by atoms with Crippen molar-refractivity contribution >= 4 is 35.8 Å². The average Bonchev–Trinajstić information content (AvgIpc) is 2.77. The average molecular weight is 535 g/mol. The first kappa shape index (κ1) is 25.1. The van der Waals surface area contributed by atoms with Crippen LogP contribution in [0.25, 0.3) is 0 Å². The van der Waals surface area contributed by atoms with Crippen LogP contribution in [0.3, 0.4) is 0 Å². The van der Waals surface area contributed by atoms with Crippen molar-refractivity contribution < 1.29 is 4.79 Å². The number of amides is 1. The maximum absolute atomic E-state index is 11.8. The standard InChI is InChI=1S/C24H33N5O.HI/c1-19-6-4-8-21(16-19)18-28-12-14-29(15-13-28)24(26-3)27-11-10-20-7-5-9-22(17-20)23(30)25-2;/h4-9,16-17H,10-15,18H2,1-3H3,(H,25,30)(H,26,27);1H.